The second kappa shape index (κ2) is 7.02. The molecule has 4 rings (SSSR count). The third-order valence-electron chi connectivity index (χ3n) is 4.11. The Hall–Kier alpha value is -3.30. The van der Waals surface area contributed by atoms with Gasteiger partial charge in [-0.25, -0.2) is 4.98 Å². The van der Waals surface area contributed by atoms with E-state index in [0.29, 0.717) is 37.8 Å². The lowest BCUT2D eigenvalue weighted by Crippen LogP contribution is -2.14. The number of H-pyrrole nitrogens is 1. The lowest BCUT2D eigenvalue weighted by atomic mass is 9.98. The minimum absolute atomic E-state index is 0.115. The monoisotopic (exact) mass is 415 g/mol. The average Bonchev–Trinajstić information content (AvgIpc) is 3.21. The van der Waals surface area contributed by atoms with Crippen LogP contribution in [0.2, 0.25) is 10.0 Å². The first-order valence-electron chi connectivity index (χ1n) is 7.86. The summed E-state index contributed by atoms with van der Waals surface area (Å²) in [5.74, 6) is -0.0983. The van der Waals surface area contributed by atoms with Crippen LogP contribution in [-0.2, 0) is 0 Å². The van der Waals surface area contributed by atoms with E-state index in [1.165, 1.54) is 19.5 Å². The second-order valence-corrected chi connectivity index (χ2v) is 6.49. The van der Waals surface area contributed by atoms with E-state index < -0.39 is 5.91 Å². The molecule has 1 amide bonds. The minimum atomic E-state index is -0.699. The number of pyridine rings is 2. The molecule has 0 aliphatic rings. The van der Waals surface area contributed by atoms with Gasteiger partial charge < -0.3 is 10.5 Å². The fourth-order valence-corrected chi connectivity index (χ4v) is 3.47. The zero-order valence-electron chi connectivity index (χ0n) is 14.3. The number of amides is 1. The SMILES string of the molecule is COc1ccc(-c2c(Cl)cncc2Cl)c2cc(C(N)=O)c(-c3nn[nH]n3)nc12. The lowest BCUT2D eigenvalue weighted by molar-refractivity contribution is 0.100. The Morgan fingerprint density at radius 2 is 1.96 bits per heavy atom. The summed E-state index contributed by atoms with van der Waals surface area (Å²) in [6, 6.07) is 5.08. The van der Waals surface area contributed by atoms with E-state index in [4.69, 9.17) is 33.7 Å². The second-order valence-electron chi connectivity index (χ2n) is 5.67. The van der Waals surface area contributed by atoms with E-state index in [1.54, 1.807) is 18.2 Å². The highest BCUT2D eigenvalue weighted by Gasteiger charge is 2.22. The van der Waals surface area contributed by atoms with Gasteiger partial charge in [-0.3, -0.25) is 9.78 Å². The summed E-state index contributed by atoms with van der Waals surface area (Å²) >= 11 is 12.7. The third-order valence-corrected chi connectivity index (χ3v) is 4.69. The first-order chi connectivity index (χ1) is 13.5. The van der Waals surface area contributed by atoms with Crippen LogP contribution in [-0.4, -0.2) is 43.6 Å². The highest BCUT2D eigenvalue weighted by Crippen LogP contribution is 2.41. The van der Waals surface area contributed by atoms with Crippen molar-refractivity contribution in [3.63, 3.8) is 0 Å². The van der Waals surface area contributed by atoms with Gasteiger partial charge in [0.1, 0.15) is 17.0 Å². The molecule has 0 bridgehead atoms. The maximum absolute atomic E-state index is 12.1. The van der Waals surface area contributed by atoms with Gasteiger partial charge in [-0.15, -0.1) is 10.2 Å². The molecule has 0 unspecified atom stereocenters. The number of carbonyl (C=O) groups excluding carboxylic acids is 1. The van der Waals surface area contributed by atoms with Crippen molar-refractivity contribution >= 4 is 40.0 Å². The van der Waals surface area contributed by atoms with Crippen molar-refractivity contribution in [2.45, 2.75) is 0 Å². The van der Waals surface area contributed by atoms with Gasteiger partial charge in [0, 0.05) is 23.3 Å². The largest absolute Gasteiger partial charge is 0.494 e. The topological polar surface area (TPSA) is 133 Å². The number of aromatic nitrogens is 6. The number of hydrogen-bond acceptors (Lipinski definition) is 7. The molecule has 3 heterocycles. The fourth-order valence-electron chi connectivity index (χ4n) is 2.91. The van der Waals surface area contributed by atoms with Crippen LogP contribution in [0.5, 0.6) is 5.75 Å². The molecule has 0 atom stereocenters. The van der Waals surface area contributed by atoms with Gasteiger partial charge in [0.15, 0.2) is 0 Å². The average molecular weight is 416 g/mol. The molecule has 4 aromatic rings. The Morgan fingerprint density at radius 1 is 1.21 bits per heavy atom. The van der Waals surface area contributed by atoms with E-state index in [9.17, 15) is 4.79 Å². The van der Waals surface area contributed by atoms with Crippen LogP contribution in [0.1, 0.15) is 10.4 Å². The van der Waals surface area contributed by atoms with E-state index in [2.05, 4.69) is 30.6 Å². The van der Waals surface area contributed by atoms with Crippen molar-refractivity contribution in [1.29, 1.82) is 0 Å². The molecule has 0 saturated carbocycles. The van der Waals surface area contributed by atoms with Crippen LogP contribution in [0.4, 0.5) is 0 Å². The van der Waals surface area contributed by atoms with Crippen LogP contribution in [0, 0.1) is 0 Å². The molecular weight excluding hydrogens is 405 g/mol. The minimum Gasteiger partial charge on any atom is -0.494 e. The summed E-state index contributed by atoms with van der Waals surface area (Å²) in [6.07, 6.45) is 2.96. The molecule has 28 heavy (non-hydrogen) atoms. The Labute approximate surface area is 167 Å². The molecule has 0 spiro atoms. The number of benzene rings is 1. The lowest BCUT2D eigenvalue weighted by Gasteiger charge is -2.14. The number of rotatable bonds is 4. The molecular formula is C17H11Cl2N7O2. The first kappa shape index (κ1) is 18.1. The van der Waals surface area contributed by atoms with Crippen LogP contribution in [0.3, 0.4) is 0 Å². The van der Waals surface area contributed by atoms with Gasteiger partial charge in [-0.1, -0.05) is 23.2 Å². The highest BCUT2D eigenvalue weighted by atomic mass is 35.5. The van der Waals surface area contributed by atoms with Crippen LogP contribution >= 0.6 is 23.2 Å². The number of hydrogen-bond donors (Lipinski definition) is 2. The molecule has 3 N–H and O–H groups in total. The van der Waals surface area contributed by atoms with Crippen molar-refractivity contribution in [2.75, 3.05) is 7.11 Å². The number of methoxy groups -OCH3 is 1. The first-order valence-corrected chi connectivity index (χ1v) is 8.61. The van der Waals surface area contributed by atoms with Gasteiger partial charge in [-0.05, 0) is 29.0 Å². The normalized spacial score (nSPS) is 11.0. The molecule has 140 valence electrons. The summed E-state index contributed by atoms with van der Waals surface area (Å²) in [4.78, 5) is 20.6. The Balaban J connectivity index is 2.13. The number of nitrogens with two attached hydrogens (primary N) is 1. The Kier molecular flexibility index (Phi) is 4.54. The molecule has 0 fully saturated rings. The Morgan fingerprint density at radius 3 is 2.57 bits per heavy atom. The van der Waals surface area contributed by atoms with Gasteiger partial charge >= 0.3 is 0 Å². The van der Waals surface area contributed by atoms with Gasteiger partial charge in [0.05, 0.1) is 22.7 Å². The number of primary amides is 1. The van der Waals surface area contributed by atoms with Crippen molar-refractivity contribution in [3.05, 3.63) is 46.2 Å². The maximum atomic E-state index is 12.1. The molecule has 9 nitrogen and oxygen atoms in total. The zero-order chi connectivity index (χ0) is 19.8. The predicted molar refractivity (Wildman–Crippen MR) is 103 cm³/mol. The van der Waals surface area contributed by atoms with Crippen molar-refractivity contribution < 1.29 is 9.53 Å². The molecule has 0 radical (unpaired) electrons. The van der Waals surface area contributed by atoms with Gasteiger partial charge in [0.25, 0.3) is 5.91 Å². The zero-order valence-corrected chi connectivity index (χ0v) is 15.8. The van der Waals surface area contributed by atoms with Gasteiger partial charge in [-0.2, -0.15) is 5.21 Å². The number of nitrogens with one attached hydrogen (secondary N) is 1. The Bertz CT molecular complexity index is 1190. The standard InChI is InChI=1S/C17H11Cl2N7O2/c1-28-12-3-2-7(13-10(18)5-21-6-11(13)19)8-4-9(16(20)27)15(22-14(8)12)17-23-25-26-24-17/h2-6H,1H3,(H2,20,27)(H,23,24,25,26). The number of fused-ring (bicyclic) bond motifs is 1. The summed E-state index contributed by atoms with van der Waals surface area (Å²) in [5, 5.41) is 14.9. The smallest absolute Gasteiger partial charge is 0.251 e. The summed E-state index contributed by atoms with van der Waals surface area (Å²) in [7, 11) is 1.51. The molecule has 3 aromatic heterocycles. The number of carbonyl (C=O) groups is 1. The van der Waals surface area contributed by atoms with Crippen molar-refractivity contribution in [1.82, 2.24) is 30.6 Å². The maximum Gasteiger partial charge on any atom is 0.251 e. The van der Waals surface area contributed by atoms with E-state index in [1.807, 2.05) is 0 Å². The highest BCUT2D eigenvalue weighted by molar-refractivity contribution is 6.39. The fraction of sp³-hybridized carbons (Fsp3) is 0.0588. The quantitative estimate of drug-likeness (QED) is 0.523. The van der Waals surface area contributed by atoms with E-state index in [0.717, 1.165) is 0 Å². The molecule has 0 aliphatic carbocycles. The van der Waals surface area contributed by atoms with Gasteiger partial charge in [0.2, 0.25) is 5.82 Å². The van der Waals surface area contributed by atoms with Crippen LogP contribution in [0.15, 0.2) is 30.6 Å². The predicted octanol–water partition coefficient (Wildman–Crippen LogP) is 2.89. The number of ether oxygens (including phenoxy) is 1. The number of aromatic amines is 1. The van der Waals surface area contributed by atoms with Crippen molar-refractivity contribution in [2.24, 2.45) is 5.73 Å². The molecule has 1 aromatic carbocycles. The molecule has 11 heteroatoms. The van der Waals surface area contributed by atoms with Crippen LogP contribution < -0.4 is 10.5 Å². The third kappa shape index (κ3) is 2.90. The summed E-state index contributed by atoms with van der Waals surface area (Å²) < 4.78 is 5.43. The summed E-state index contributed by atoms with van der Waals surface area (Å²) in [6.45, 7) is 0. The number of halogens is 2. The molecule has 0 aliphatic heterocycles. The van der Waals surface area contributed by atoms with Crippen LogP contribution in [0.25, 0.3) is 33.5 Å². The summed E-state index contributed by atoms with van der Waals surface area (Å²) in [5.41, 5.74) is 7.51. The van der Waals surface area contributed by atoms with Crippen molar-refractivity contribution in [3.8, 4) is 28.4 Å². The van der Waals surface area contributed by atoms with E-state index >= 15 is 0 Å². The van der Waals surface area contributed by atoms with E-state index in [-0.39, 0.29) is 17.1 Å². The number of nitrogens with zero attached hydrogens (tertiary/aromatic N) is 5. The number of tetrazole rings is 1. The molecule has 0 saturated heterocycles.